The Morgan fingerprint density at radius 3 is 2.60 bits per heavy atom. The van der Waals surface area contributed by atoms with Gasteiger partial charge < -0.3 is 14.0 Å². The van der Waals surface area contributed by atoms with Crippen molar-refractivity contribution in [3.05, 3.63) is 58.1 Å². The Labute approximate surface area is 144 Å². The van der Waals surface area contributed by atoms with Crippen LogP contribution in [0.25, 0.3) is 11.3 Å². The van der Waals surface area contributed by atoms with E-state index in [1.54, 1.807) is 17.0 Å². The number of carbonyl (C=O) groups excluding carboxylic acids is 1. The lowest BCUT2D eigenvalue weighted by Crippen LogP contribution is -2.12. The van der Waals surface area contributed by atoms with Crippen LogP contribution in [0.5, 0.6) is 5.75 Å². The van der Waals surface area contributed by atoms with E-state index in [-0.39, 0.29) is 17.2 Å². The molecule has 1 aromatic rings. The number of hydrogen-bond acceptors (Lipinski definition) is 5. The van der Waals surface area contributed by atoms with Crippen molar-refractivity contribution in [2.75, 3.05) is 7.11 Å². The first-order valence-corrected chi connectivity index (χ1v) is 7.90. The number of methoxy groups -OCH3 is 1. The van der Waals surface area contributed by atoms with E-state index >= 15 is 0 Å². The minimum Gasteiger partial charge on any atom is -0.491 e. The number of hydrogen-bond donors (Lipinski definition) is 1. The number of pyridine rings is 1. The van der Waals surface area contributed by atoms with E-state index in [1.807, 2.05) is 38.1 Å². The minimum atomic E-state index is -0.536. The van der Waals surface area contributed by atoms with Crippen molar-refractivity contribution in [1.82, 2.24) is 14.8 Å². The van der Waals surface area contributed by atoms with Crippen LogP contribution in [-0.2, 0) is 11.3 Å². The summed E-state index contributed by atoms with van der Waals surface area (Å²) in [6, 6.07) is 7.68. The summed E-state index contributed by atoms with van der Waals surface area (Å²) in [5.74, 6) is 0.262. The highest BCUT2D eigenvalue weighted by Gasteiger charge is 2.21. The van der Waals surface area contributed by atoms with Gasteiger partial charge in [-0.3, -0.25) is 4.79 Å². The molecule has 0 saturated carbocycles. The van der Waals surface area contributed by atoms with Crippen molar-refractivity contribution in [3.8, 4) is 17.0 Å². The second-order valence-electron chi connectivity index (χ2n) is 5.96. The van der Waals surface area contributed by atoms with Crippen LogP contribution in [0, 0.1) is 0 Å². The zero-order chi connectivity index (χ0) is 18.0. The van der Waals surface area contributed by atoms with Gasteiger partial charge in [0.1, 0.15) is 17.0 Å². The van der Waals surface area contributed by atoms with E-state index in [0.717, 1.165) is 11.3 Å². The Kier molecular flexibility index (Phi) is 4.56. The monoisotopic (exact) mass is 341 g/mol. The molecule has 130 valence electrons. The van der Waals surface area contributed by atoms with E-state index in [0.29, 0.717) is 17.8 Å². The molecule has 7 nitrogen and oxygen atoms in total. The molecule has 2 aliphatic rings. The summed E-state index contributed by atoms with van der Waals surface area (Å²) < 4.78 is 12.2. The van der Waals surface area contributed by atoms with Crippen molar-refractivity contribution in [2.45, 2.75) is 26.5 Å². The average Bonchev–Trinajstić information content (AvgIpc) is 2.96. The van der Waals surface area contributed by atoms with Crippen LogP contribution in [0.2, 0.25) is 0 Å². The van der Waals surface area contributed by atoms with Crippen LogP contribution >= 0.6 is 0 Å². The molecule has 0 aromatic heterocycles. The second kappa shape index (κ2) is 6.80. The number of nitrogens with zero attached hydrogens (tertiary/aromatic N) is 2. The lowest BCUT2D eigenvalue weighted by atomic mass is 10.1. The Morgan fingerprint density at radius 1 is 1.24 bits per heavy atom. The number of nitrogens with one attached hydrogen (secondary N) is 1. The minimum absolute atomic E-state index is 0.113. The van der Waals surface area contributed by atoms with Crippen molar-refractivity contribution in [3.63, 3.8) is 0 Å². The predicted octanol–water partition coefficient (Wildman–Crippen LogP) is 2.30. The topological polar surface area (TPSA) is 86.2 Å². The molecule has 0 bridgehead atoms. The molecule has 7 heteroatoms. The fourth-order valence-corrected chi connectivity index (χ4v) is 2.60. The Morgan fingerprint density at radius 2 is 1.96 bits per heavy atom. The van der Waals surface area contributed by atoms with Gasteiger partial charge in [0.05, 0.1) is 18.8 Å². The fourth-order valence-electron chi connectivity index (χ4n) is 2.60. The number of H-pyrrole nitrogens is 1. The van der Waals surface area contributed by atoms with Crippen molar-refractivity contribution in [1.29, 1.82) is 0 Å². The molecule has 3 rings (SSSR count). The number of aromatic amines is 1. The van der Waals surface area contributed by atoms with Gasteiger partial charge in [0.15, 0.2) is 0 Å². The molecule has 2 heterocycles. The summed E-state index contributed by atoms with van der Waals surface area (Å²) in [5.41, 5.74) is 1.58. The number of carbonyl (C=O) groups is 1. The van der Waals surface area contributed by atoms with Crippen molar-refractivity contribution < 1.29 is 14.3 Å². The lowest BCUT2D eigenvalue weighted by molar-refractivity contribution is 0.0600. The number of aromatic nitrogens is 3. The van der Waals surface area contributed by atoms with Gasteiger partial charge in [-0.05, 0) is 31.5 Å². The molecule has 0 fully saturated rings. The molecular formula is C18H19N3O4. The summed E-state index contributed by atoms with van der Waals surface area (Å²) in [7, 11) is 1.30. The van der Waals surface area contributed by atoms with Crippen LogP contribution in [0.4, 0.5) is 0 Å². The Hall–Kier alpha value is -3.09. The molecular weight excluding hydrogens is 322 g/mol. The quantitative estimate of drug-likeness (QED) is 0.720. The molecule has 0 aliphatic carbocycles. The van der Waals surface area contributed by atoms with E-state index in [4.69, 9.17) is 9.47 Å². The van der Waals surface area contributed by atoms with Gasteiger partial charge in [-0.15, -0.1) is 0 Å². The predicted molar refractivity (Wildman–Crippen MR) is 92.1 cm³/mol. The first-order chi connectivity index (χ1) is 12.0. The summed E-state index contributed by atoms with van der Waals surface area (Å²) >= 11 is 0. The average molecular weight is 341 g/mol. The number of esters is 1. The Balaban J connectivity index is 1.93. The van der Waals surface area contributed by atoms with Gasteiger partial charge in [-0.1, -0.05) is 12.1 Å². The smallest absolute Gasteiger partial charge is 0.341 e. The summed E-state index contributed by atoms with van der Waals surface area (Å²) in [6.45, 7) is 4.43. The maximum atomic E-state index is 12.0. The fraction of sp³-hybridized carbons (Fsp3) is 0.278. The molecule has 25 heavy (non-hydrogen) atoms. The van der Waals surface area contributed by atoms with Gasteiger partial charge in [0.2, 0.25) is 0 Å². The third-order valence-corrected chi connectivity index (χ3v) is 3.68. The molecule has 1 N–H and O–H groups in total. The summed E-state index contributed by atoms with van der Waals surface area (Å²) in [5, 5.41) is 6.28. The first-order valence-electron chi connectivity index (χ1n) is 7.90. The zero-order valence-electron chi connectivity index (χ0n) is 14.3. The molecule has 0 amide bonds. The maximum absolute atomic E-state index is 12.0. The van der Waals surface area contributed by atoms with Crippen molar-refractivity contribution in [2.24, 2.45) is 0 Å². The van der Waals surface area contributed by atoms with Gasteiger partial charge in [-0.2, -0.15) is 5.10 Å². The molecule has 0 unspecified atom stereocenters. The second-order valence-corrected chi connectivity index (χ2v) is 5.96. The Bertz CT molecular complexity index is 909. The van der Waals surface area contributed by atoms with E-state index in [1.165, 1.54) is 7.11 Å². The molecule has 0 atom stereocenters. The largest absolute Gasteiger partial charge is 0.491 e. The van der Waals surface area contributed by atoms with Crippen LogP contribution in [0.15, 0.2) is 41.5 Å². The highest BCUT2D eigenvalue weighted by atomic mass is 16.5. The maximum Gasteiger partial charge on any atom is 0.341 e. The molecule has 1 aromatic carbocycles. The van der Waals surface area contributed by atoms with E-state index in [2.05, 4.69) is 10.2 Å². The van der Waals surface area contributed by atoms with Gasteiger partial charge >= 0.3 is 5.97 Å². The molecule has 0 spiro atoms. The van der Waals surface area contributed by atoms with E-state index < -0.39 is 5.97 Å². The molecule has 0 saturated heterocycles. The van der Waals surface area contributed by atoms with Gasteiger partial charge in [-0.25, -0.2) is 9.89 Å². The molecule has 0 radical (unpaired) electrons. The summed E-state index contributed by atoms with van der Waals surface area (Å²) in [4.78, 5) is 23.9. The highest BCUT2D eigenvalue weighted by molar-refractivity contribution is 5.95. The SMILES string of the molecule is COC(=O)c1cn(Cc2ccc(OC(C)C)cc2)cc2c(=O)[nH]nc1-2. The highest BCUT2D eigenvalue weighted by Crippen LogP contribution is 2.22. The number of ether oxygens (including phenoxy) is 2. The molecule has 2 aliphatic heterocycles. The third-order valence-electron chi connectivity index (χ3n) is 3.68. The van der Waals surface area contributed by atoms with Gasteiger partial charge in [0.25, 0.3) is 5.56 Å². The zero-order valence-corrected chi connectivity index (χ0v) is 14.3. The summed E-state index contributed by atoms with van der Waals surface area (Å²) in [6.07, 6.45) is 3.42. The first kappa shape index (κ1) is 16.8. The van der Waals surface area contributed by atoms with Crippen LogP contribution in [0.1, 0.15) is 29.8 Å². The number of rotatable bonds is 5. The van der Waals surface area contributed by atoms with Crippen LogP contribution in [-0.4, -0.2) is 33.9 Å². The third kappa shape index (κ3) is 3.55. The van der Waals surface area contributed by atoms with E-state index in [9.17, 15) is 9.59 Å². The normalized spacial score (nSPS) is 11.0. The lowest BCUT2D eigenvalue weighted by Gasteiger charge is -2.13. The standard InChI is InChI=1S/C18H19N3O4/c1-11(2)25-13-6-4-12(5-7-13)8-21-9-14-16(19-20-17(14)22)15(10-21)18(23)24-3/h4-7,9-11H,8H2,1-3H3,(H,20,22). The number of fused-ring (bicyclic) bond motifs is 1. The van der Waals surface area contributed by atoms with Crippen LogP contribution < -0.4 is 10.3 Å². The van der Waals surface area contributed by atoms with Crippen molar-refractivity contribution >= 4 is 5.97 Å². The van der Waals surface area contributed by atoms with Gasteiger partial charge in [0, 0.05) is 18.9 Å². The van der Waals surface area contributed by atoms with Crippen LogP contribution in [0.3, 0.4) is 0 Å². The number of benzene rings is 1.